The van der Waals surface area contributed by atoms with Crippen LogP contribution in [0, 0.1) is 0 Å². The minimum absolute atomic E-state index is 0.115. The van der Waals surface area contributed by atoms with Crippen molar-refractivity contribution in [2.45, 2.75) is 19.4 Å². The molecular weight excluding hydrogens is 228 g/mol. The summed E-state index contributed by atoms with van der Waals surface area (Å²) in [7, 11) is 1.63. The van der Waals surface area contributed by atoms with Crippen LogP contribution in [0.5, 0.6) is 0 Å². The second kappa shape index (κ2) is 4.80. The zero-order valence-corrected chi connectivity index (χ0v) is 10.3. The molecule has 1 aromatic heterocycles. The summed E-state index contributed by atoms with van der Waals surface area (Å²) in [5, 5.41) is 9.45. The van der Waals surface area contributed by atoms with E-state index in [1.165, 1.54) is 4.90 Å². The lowest BCUT2D eigenvalue weighted by Gasteiger charge is -2.33. The molecule has 0 spiro atoms. The number of carbonyl (C=O) groups excluding carboxylic acids is 1. The minimum Gasteiger partial charge on any atom is -0.394 e. The number of amides is 1. The maximum atomic E-state index is 12.0. The number of halogens is 1. The number of pyridine rings is 1. The Morgan fingerprint density at radius 3 is 2.69 bits per heavy atom. The van der Waals surface area contributed by atoms with E-state index in [0.29, 0.717) is 0 Å². The van der Waals surface area contributed by atoms with Crippen LogP contribution in [-0.4, -0.2) is 40.1 Å². The lowest BCUT2D eigenvalue weighted by atomic mass is 10.0. The second-order valence-electron chi connectivity index (χ2n) is 4.18. The van der Waals surface area contributed by atoms with E-state index in [2.05, 4.69) is 4.98 Å². The number of hydrogen-bond donors (Lipinski definition) is 1. The monoisotopic (exact) mass is 242 g/mol. The van der Waals surface area contributed by atoms with Gasteiger partial charge in [-0.25, -0.2) is 4.98 Å². The number of aliphatic hydroxyl groups is 1. The standard InChI is InChI=1S/C11H15ClN2O2/c1-11(2,7-15)14(3)10(16)8-5-4-6-9(12)13-8/h4-6,15H,7H2,1-3H3. The van der Waals surface area contributed by atoms with Crippen molar-refractivity contribution in [3.05, 3.63) is 29.0 Å². The molecule has 0 aliphatic rings. The molecule has 1 N–H and O–H groups in total. The average Bonchev–Trinajstić information content (AvgIpc) is 2.27. The largest absolute Gasteiger partial charge is 0.394 e. The molecule has 0 aliphatic heterocycles. The highest BCUT2D eigenvalue weighted by atomic mass is 35.5. The molecule has 0 aliphatic carbocycles. The molecule has 5 heteroatoms. The number of nitrogens with zero attached hydrogens (tertiary/aromatic N) is 2. The molecule has 16 heavy (non-hydrogen) atoms. The second-order valence-corrected chi connectivity index (χ2v) is 4.57. The summed E-state index contributed by atoms with van der Waals surface area (Å²) >= 11 is 5.71. The van der Waals surface area contributed by atoms with Crippen molar-refractivity contribution in [3.63, 3.8) is 0 Å². The molecule has 0 fully saturated rings. The van der Waals surface area contributed by atoms with Gasteiger partial charge in [0, 0.05) is 7.05 Å². The molecule has 0 saturated heterocycles. The maximum Gasteiger partial charge on any atom is 0.272 e. The van der Waals surface area contributed by atoms with Gasteiger partial charge in [-0.2, -0.15) is 0 Å². The van der Waals surface area contributed by atoms with Crippen molar-refractivity contribution < 1.29 is 9.90 Å². The quantitative estimate of drug-likeness (QED) is 0.819. The van der Waals surface area contributed by atoms with Gasteiger partial charge in [-0.1, -0.05) is 17.7 Å². The summed E-state index contributed by atoms with van der Waals surface area (Å²) < 4.78 is 0. The molecule has 0 radical (unpaired) electrons. The number of aliphatic hydroxyl groups excluding tert-OH is 1. The van der Waals surface area contributed by atoms with Gasteiger partial charge in [0.05, 0.1) is 12.1 Å². The third-order valence-corrected chi connectivity index (χ3v) is 2.74. The van der Waals surface area contributed by atoms with Gasteiger partial charge in [0.1, 0.15) is 10.8 Å². The van der Waals surface area contributed by atoms with Gasteiger partial charge in [-0.05, 0) is 26.0 Å². The van der Waals surface area contributed by atoms with Gasteiger partial charge >= 0.3 is 0 Å². The fourth-order valence-electron chi connectivity index (χ4n) is 1.08. The number of rotatable bonds is 3. The number of hydrogen-bond acceptors (Lipinski definition) is 3. The molecule has 0 aromatic carbocycles. The lowest BCUT2D eigenvalue weighted by molar-refractivity contribution is 0.0467. The van der Waals surface area contributed by atoms with E-state index in [9.17, 15) is 9.90 Å². The van der Waals surface area contributed by atoms with Crippen molar-refractivity contribution in [3.8, 4) is 0 Å². The number of aromatic nitrogens is 1. The van der Waals surface area contributed by atoms with Gasteiger partial charge < -0.3 is 10.0 Å². The van der Waals surface area contributed by atoms with E-state index in [1.54, 1.807) is 39.1 Å². The van der Waals surface area contributed by atoms with Crippen LogP contribution in [0.4, 0.5) is 0 Å². The van der Waals surface area contributed by atoms with E-state index >= 15 is 0 Å². The highest BCUT2D eigenvalue weighted by Gasteiger charge is 2.28. The van der Waals surface area contributed by atoms with Crippen LogP contribution >= 0.6 is 11.6 Å². The molecule has 4 nitrogen and oxygen atoms in total. The van der Waals surface area contributed by atoms with Crippen molar-refractivity contribution in [1.29, 1.82) is 0 Å². The normalized spacial score (nSPS) is 11.3. The van der Waals surface area contributed by atoms with Crippen molar-refractivity contribution in [2.24, 2.45) is 0 Å². The average molecular weight is 243 g/mol. The van der Waals surface area contributed by atoms with Gasteiger partial charge in [0.2, 0.25) is 0 Å². The Labute approximate surface area is 99.9 Å². The van der Waals surface area contributed by atoms with E-state index in [-0.39, 0.29) is 23.4 Å². The van der Waals surface area contributed by atoms with Crippen molar-refractivity contribution in [2.75, 3.05) is 13.7 Å². The smallest absolute Gasteiger partial charge is 0.272 e. The Morgan fingerprint density at radius 2 is 2.19 bits per heavy atom. The van der Waals surface area contributed by atoms with Crippen LogP contribution in [0.1, 0.15) is 24.3 Å². The first-order valence-electron chi connectivity index (χ1n) is 4.90. The van der Waals surface area contributed by atoms with Gasteiger partial charge in [-0.15, -0.1) is 0 Å². The zero-order chi connectivity index (χ0) is 12.3. The maximum absolute atomic E-state index is 12.0. The molecule has 0 atom stereocenters. The summed E-state index contributed by atoms with van der Waals surface area (Å²) in [6, 6.07) is 4.87. The molecule has 1 heterocycles. The molecule has 1 rings (SSSR count). The summed E-state index contributed by atoms with van der Waals surface area (Å²) in [4.78, 5) is 17.4. The summed E-state index contributed by atoms with van der Waals surface area (Å²) in [6.07, 6.45) is 0. The predicted octanol–water partition coefficient (Wildman–Crippen LogP) is 1.58. The van der Waals surface area contributed by atoms with E-state index in [1.807, 2.05) is 0 Å². The van der Waals surface area contributed by atoms with E-state index in [0.717, 1.165) is 0 Å². The summed E-state index contributed by atoms with van der Waals surface area (Å²) in [5.41, 5.74) is -0.349. The number of likely N-dealkylation sites (N-methyl/N-ethyl adjacent to an activating group) is 1. The molecule has 0 unspecified atom stereocenters. The SMILES string of the molecule is CN(C(=O)c1cccc(Cl)n1)C(C)(C)CO. The predicted molar refractivity (Wildman–Crippen MR) is 62.5 cm³/mol. The van der Waals surface area contributed by atoms with Crippen molar-refractivity contribution >= 4 is 17.5 Å². The molecule has 1 aromatic rings. The molecular formula is C11H15ClN2O2. The fourth-order valence-corrected chi connectivity index (χ4v) is 1.24. The lowest BCUT2D eigenvalue weighted by Crippen LogP contribution is -2.47. The van der Waals surface area contributed by atoms with Gasteiger partial charge in [-0.3, -0.25) is 4.79 Å². The Morgan fingerprint density at radius 1 is 1.56 bits per heavy atom. The Balaban J connectivity index is 2.95. The van der Waals surface area contributed by atoms with E-state index < -0.39 is 5.54 Å². The summed E-state index contributed by atoms with van der Waals surface area (Å²) in [6.45, 7) is 3.43. The van der Waals surface area contributed by atoms with Crippen LogP contribution in [-0.2, 0) is 0 Å². The number of carbonyl (C=O) groups is 1. The van der Waals surface area contributed by atoms with Crippen molar-refractivity contribution in [1.82, 2.24) is 9.88 Å². The van der Waals surface area contributed by atoms with Gasteiger partial charge in [0.25, 0.3) is 5.91 Å². The van der Waals surface area contributed by atoms with E-state index in [4.69, 9.17) is 11.6 Å². The Kier molecular flexibility index (Phi) is 3.88. The van der Waals surface area contributed by atoms with Gasteiger partial charge in [0.15, 0.2) is 0 Å². The van der Waals surface area contributed by atoms with Crippen LogP contribution in [0.15, 0.2) is 18.2 Å². The molecule has 88 valence electrons. The Hall–Kier alpha value is -1.13. The summed E-state index contributed by atoms with van der Waals surface area (Å²) in [5.74, 6) is -0.262. The van der Waals surface area contributed by atoms with Crippen LogP contribution in [0.2, 0.25) is 5.15 Å². The zero-order valence-electron chi connectivity index (χ0n) is 9.57. The van der Waals surface area contributed by atoms with Crippen LogP contribution in [0.25, 0.3) is 0 Å². The molecule has 1 amide bonds. The first-order valence-corrected chi connectivity index (χ1v) is 5.28. The highest BCUT2D eigenvalue weighted by molar-refractivity contribution is 6.29. The van der Waals surface area contributed by atoms with Crippen LogP contribution in [0.3, 0.4) is 0 Å². The fraction of sp³-hybridized carbons (Fsp3) is 0.455. The molecule has 0 saturated carbocycles. The first kappa shape index (κ1) is 12.9. The third-order valence-electron chi connectivity index (χ3n) is 2.53. The molecule has 0 bridgehead atoms. The first-order chi connectivity index (χ1) is 7.38. The Bertz CT molecular complexity index is 393. The highest BCUT2D eigenvalue weighted by Crippen LogP contribution is 2.15. The minimum atomic E-state index is -0.624. The third kappa shape index (κ3) is 2.71. The topological polar surface area (TPSA) is 53.4 Å². The van der Waals surface area contributed by atoms with Crippen LogP contribution < -0.4 is 0 Å².